The van der Waals surface area contributed by atoms with Crippen molar-refractivity contribution in [3.63, 3.8) is 0 Å². The summed E-state index contributed by atoms with van der Waals surface area (Å²) < 4.78 is 3.77. The Morgan fingerprint density at radius 1 is 1.29 bits per heavy atom. The van der Waals surface area contributed by atoms with Gasteiger partial charge in [0.15, 0.2) is 0 Å². The molecule has 2 heterocycles. The van der Waals surface area contributed by atoms with Crippen LogP contribution in [0.3, 0.4) is 0 Å². The third-order valence-corrected chi connectivity index (χ3v) is 2.93. The molecule has 2 aromatic rings. The predicted molar refractivity (Wildman–Crippen MR) is 64.2 cm³/mol. The molecule has 1 N–H and O–H groups in total. The minimum atomic E-state index is 0.724. The maximum Gasteiger partial charge on any atom is 0.140 e. The number of hydrogen-bond donors (Lipinski definition) is 1. The molecule has 92 valence electrons. The van der Waals surface area contributed by atoms with Crippen LogP contribution in [0, 0.1) is 6.92 Å². The molecule has 0 aliphatic heterocycles. The highest BCUT2D eigenvalue weighted by Gasteiger charge is 2.05. The molecule has 0 saturated carbocycles. The highest BCUT2D eigenvalue weighted by molar-refractivity contribution is 5.15. The van der Waals surface area contributed by atoms with Crippen molar-refractivity contribution >= 4 is 0 Å². The molecule has 0 atom stereocenters. The summed E-state index contributed by atoms with van der Waals surface area (Å²) in [6.07, 6.45) is 3.49. The number of nitrogens with zero attached hydrogens (tertiary/aromatic N) is 5. The molecule has 2 aromatic heterocycles. The van der Waals surface area contributed by atoms with Gasteiger partial charge in [-0.2, -0.15) is 10.2 Å². The van der Waals surface area contributed by atoms with Crippen molar-refractivity contribution in [2.45, 2.75) is 33.5 Å². The van der Waals surface area contributed by atoms with Crippen LogP contribution in [0.4, 0.5) is 0 Å². The average molecular weight is 234 g/mol. The normalized spacial score (nSPS) is 11.0. The minimum absolute atomic E-state index is 0.724. The fraction of sp³-hybridized carbons (Fsp3) is 0.545. The van der Waals surface area contributed by atoms with Crippen molar-refractivity contribution < 1.29 is 0 Å². The van der Waals surface area contributed by atoms with Gasteiger partial charge in [-0.25, -0.2) is 9.67 Å². The molecule has 0 radical (unpaired) electrons. The topological polar surface area (TPSA) is 60.6 Å². The third-order valence-electron chi connectivity index (χ3n) is 2.93. The second kappa shape index (κ2) is 5.09. The predicted octanol–water partition coefficient (Wildman–Crippen LogP) is 0.630. The summed E-state index contributed by atoms with van der Waals surface area (Å²) in [5.41, 5.74) is 2.41. The molecule has 17 heavy (non-hydrogen) atoms. The van der Waals surface area contributed by atoms with Gasteiger partial charge in [0, 0.05) is 31.4 Å². The summed E-state index contributed by atoms with van der Waals surface area (Å²) in [5.74, 6) is 0.967. The second-order valence-corrected chi connectivity index (χ2v) is 3.97. The van der Waals surface area contributed by atoms with E-state index in [1.807, 2.05) is 22.6 Å². The Labute approximate surface area is 101 Å². The Bertz CT molecular complexity index is 484. The lowest BCUT2D eigenvalue weighted by molar-refractivity contribution is 0.571. The largest absolute Gasteiger partial charge is 0.306 e. The third kappa shape index (κ3) is 2.52. The first-order chi connectivity index (χ1) is 8.22. The standard InChI is InChI=1S/C11H18N6/c1-4-17-11(13-8-15-17)7-12-5-10-6-14-16(3)9(10)2/h6,8,12H,4-5,7H2,1-3H3. The second-order valence-electron chi connectivity index (χ2n) is 3.97. The Balaban J connectivity index is 1.90. The number of rotatable bonds is 5. The Hall–Kier alpha value is -1.69. The minimum Gasteiger partial charge on any atom is -0.306 e. The van der Waals surface area contributed by atoms with E-state index in [4.69, 9.17) is 0 Å². The van der Waals surface area contributed by atoms with Gasteiger partial charge in [0.2, 0.25) is 0 Å². The molecule has 2 rings (SSSR count). The van der Waals surface area contributed by atoms with E-state index in [-0.39, 0.29) is 0 Å². The van der Waals surface area contributed by atoms with Gasteiger partial charge >= 0.3 is 0 Å². The fourth-order valence-corrected chi connectivity index (χ4v) is 1.72. The van der Waals surface area contributed by atoms with E-state index in [1.54, 1.807) is 6.33 Å². The average Bonchev–Trinajstić information content (AvgIpc) is 2.90. The van der Waals surface area contributed by atoms with Crippen LogP contribution in [0.1, 0.15) is 24.0 Å². The van der Waals surface area contributed by atoms with E-state index in [1.165, 1.54) is 11.3 Å². The summed E-state index contributed by atoms with van der Waals surface area (Å²) in [6, 6.07) is 0. The van der Waals surface area contributed by atoms with Gasteiger partial charge in [0.1, 0.15) is 12.2 Å². The molecule has 6 heteroatoms. The van der Waals surface area contributed by atoms with Crippen LogP contribution in [0.5, 0.6) is 0 Å². The summed E-state index contributed by atoms with van der Waals surface area (Å²) in [5, 5.41) is 11.7. The summed E-state index contributed by atoms with van der Waals surface area (Å²) in [4.78, 5) is 4.21. The zero-order valence-corrected chi connectivity index (χ0v) is 10.5. The van der Waals surface area contributed by atoms with Crippen LogP contribution in [0.25, 0.3) is 0 Å². The van der Waals surface area contributed by atoms with Gasteiger partial charge in [0.25, 0.3) is 0 Å². The molecule has 0 unspecified atom stereocenters. The SMILES string of the molecule is CCn1ncnc1CNCc1cnn(C)c1C. The molecule has 0 bridgehead atoms. The molecule has 0 spiro atoms. The van der Waals surface area contributed by atoms with Crippen molar-refractivity contribution in [1.29, 1.82) is 0 Å². The lowest BCUT2D eigenvalue weighted by Gasteiger charge is -2.05. The van der Waals surface area contributed by atoms with Crippen LogP contribution < -0.4 is 5.32 Å². The fourth-order valence-electron chi connectivity index (χ4n) is 1.72. The van der Waals surface area contributed by atoms with E-state index in [0.717, 1.165) is 25.5 Å². The monoisotopic (exact) mass is 234 g/mol. The van der Waals surface area contributed by atoms with Gasteiger partial charge < -0.3 is 5.32 Å². The number of hydrogen-bond acceptors (Lipinski definition) is 4. The van der Waals surface area contributed by atoms with Gasteiger partial charge in [-0.3, -0.25) is 4.68 Å². The molecule has 0 aliphatic rings. The Kier molecular flexibility index (Phi) is 3.53. The quantitative estimate of drug-likeness (QED) is 0.824. The van der Waals surface area contributed by atoms with E-state index in [0.29, 0.717) is 0 Å². The van der Waals surface area contributed by atoms with Crippen molar-refractivity contribution in [3.8, 4) is 0 Å². The van der Waals surface area contributed by atoms with Crippen LogP contribution in [0.2, 0.25) is 0 Å². The number of aromatic nitrogens is 5. The molecule has 0 aliphatic carbocycles. The zero-order valence-electron chi connectivity index (χ0n) is 10.5. The summed E-state index contributed by atoms with van der Waals surface area (Å²) in [6.45, 7) is 6.50. The lowest BCUT2D eigenvalue weighted by atomic mass is 10.2. The zero-order chi connectivity index (χ0) is 12.3. The van der Waals surface area contributed by atoms with Crippen molar-refractivity contribution in [2.24, 2.45) is 7.05 Å². The first-order valence-corrected chi connectivity index (χ1v) is 5.77. The molecule has 0 aromatic carbocycles. The van der Waals surface area contributed by atoms with Crippen LogP contribution in [-0.2, 0) is 26.7 Å². The summed E-state index contributed by atoms with van der Waals surface area (Å²) in [7, 11) is 1.95. The van der Waals surface area contributed by atoms with E-state index < -0.39 is 0 Å². The van der Waals surface area contributed by atoms with Crippen molar-refractivity contribution in [1.82, 2.24) is 29.9 Å². The van der Waals surface area contributed by atoms with Crippen molar-refractivity contribution in [3.05, 3.63) is 29.6 Å². The van der Waals surface area contributed by atoms with Gasteiger partial charge in [-0.05, 0) is 13.8 Å². The van der Waals surface area contributed by atoms with E-state index in [9.17, 15) is 0 Å². The highest BCUT2D eigenvalue weighted by Crippen LogP contribution is 2.05. The number of nitrogens with one attached hydrogen (secondary N) is 1. The maximum absolute atomic E-state index is 4.21. The first-order valence-electron chi connectivity index (χ1n) is 5.77. The van der Waals surface area contributed by atoms with Crippen LogP contribution >= 0.6 is 0 Å². The van der Waals surface area contributed by atoms with Gasteiger partial charge in [-0.1, -0.05) is 0 Å². The molecule has 0 saturated heterocycles. The van der Waals surface area contributed by atoms with E-state index in [2.05, 4.69) is 34.3 Å². The molecule has 0 fully saturated rings. The molecular weight excluding hydrogens is 216 g/mol. The van der Waals surface area contributed by atoms with Crippen LogP contribution in [0.15, 0.2) is 12.5 Å². The van der Waals surface area contributed by atoms with Crippen LogP contribution in [-0.4, -0.2) is 24.5 Å². The molecular formula is C11H18N6. The smallest absolute Gasteiger partial charge is 0.140 e. The lowest BCUT2D eigenvalue weighted by Crippen LogP contribution is -2.17. The highest BCUT2D eigenvalue weighted by atomic mass is 15.3. The van der Waals surface area contributed by atoms with E-state index >= 15 is 0 Å². The first kappa shape index (κ1) is 11.8. The molecule has 0 amide bonds. The van der Waals surface area contributed by atoms with Crippen molar-refractivity contribution in [2.75, 3.05) is 0 Å². The molecule has 6 nitrogen and oxygen atoms in total. The summed E-state index contributed by atoms with van der Waals surface area (Å²) >= 11 is 0. The number of aryl methyl sites for hydroxylation is 2. The Morgan fingerprint density at radius 2 is 2.12 bits per heavy atom. The van der Waals surface area contributed by atoms with Gasteiger partial charge in [-0.15, -0.1) is 0 Å². The maximum atomic E-state index is 4.21. The van der Waals surface area contributed by atoms with Gasteiger partial charge in [0.05, 0.1) is 12.7 Å². The Morgan fingerprint density at radius 3 is 2.76 bits per heavy atom.